The van der Waals surface area contributed by atoms with Crippen LogP contribution < -0.4 is 14.2 Å². The zero-order chi connectivity index (χ0) is 17.3. The Hall–Kier alpha value is -2.12. The van der Waals surface area contributed by atoms with E-state index in [1.165, 1.54) is 0 Å². The predicted molar refractivity (Wildman–Crippen MR) is 90.2 cm³/mol. The SMILES string of the molecule is COc1cc2ncc(OC3CCC4(CC3)OCCO4)nc2cc1OC. The Kier molecular flexibility index (Phi) is 4.35. The number of nitrogens with zero attached hydrogens (tertiary/aromatic N) is 2. The number of benzene rings is 1. The normalized spacial score (nSPS) is 20.1. The van der Waals surface area contributed by atoms with Gasteiger partial charge in [0.25, 0.3) is 0 Å². The van der Waals surface area contributed by atoms with E-state index in [4.69, 9.17) is 23.7 Å². The number of fused-ring (bicyclic) bond motifs is 1. The van der Waals surface area contributed by atoms with Gasteiger partial charge >= 0.3 is 0 Å². The molecule has 0 radical (unpaired) electrons. The molecule has 4 rings (SSSR count). The molecular weight excluding hydrogens is 324 g/mol. The third-order valence-corrected chi connectivity index (χ3v) is 4.82. The van der Waals surface area contributed by atoms with E-state index < -0.39 is 0 Å². The molecule has 0 bridgehead atoms. The number of hydrogen-bond acceptors (Lipinski definition) is 7. The first kappa shape index (κ1) is 16.4. The molecule has 134 valence electrons. The van der Waals surface area contributed by atoms with Gasteiger partial charge in [0, 0.05) is 25.0 Å². The molecule has 7 heteroatoms. The number of hydrogen-bond donors (Lipinski definition) is 0. The van der Waals surface area contributed by atoms with Crippen LogP contribution in [-0.2, 0) is 9.47 Å². The Morgan fingerprint density at radius 3 is 2.28 bits per heavy atom. The zero-order valence-electron chi connectivity index (χ0n) is 14.5. The van der Waals surface area contributed by atoms with Gasteiger partial charge in [0.2, 0.25) is 5.88 Å². The lowest BCUT2D eigenvalue weighted by atomic mass is 9.92. The molecule has 1 aliphatic heterocycles. The lowest BCUT2D eigenvalue weighted by Gasteiger charge is -2.35. The van der Waals surface area contributed by atoms with Crippen LogP contribution >= 0.6 is 0 Å². The van der Waals surface area contributed by atoms with Crippen molar-refractivity contribution >= 4 is 11.0 Å². The van der Waals surface area contributed by atoms with Crippen molar-refractivity contribution in [2.24, 2.45) is 0 Å². The summed E-state index contributed by atoms with van der Waals surface area (Å²) in [7, 11) is 3.20. The van der Waals surface area contributed by atoms with Gasteiger partial charge in [0.05, 0.1) is 44.7 Å². The Bertz CT molecular complexity index is 750. The smallest absolute Gasteiger partial charge is 0.233 e. The average Bonchev–Trinajstić information content (AvgIpc) is 3.10. The van der Waals surface area contributed by atoms with E-state index in [0.717, 1.165) is 31.2 Å². The molecule has 0 unspecified atom stereocenters. The van der Waals surface area contributed by atoms with Gasteiger partial charge in [-0.1, -0.05) is 0 Å². The molecule has 25 heavy (non-hydrogen) atoms. The standard InChI is InChI=1S/C18H22N2O5/c1-21-15-9-13-14(10-16(15)22-2)20-17(11-19-13)25-12-3-5-18(6-4-12)23-7-8-24-18/h9-12H,3-8H2,1-2H3. The van der Waals surface area contributed by atoms with Gasteiger partial charge < -0.3 is 23.7 Å². The summed E-state index contributed by atoms with van der Waals surface area (Å²) in [6, 6.07) is 3.62. The van der Waals surface area contributed by atoms with Crippen LogP contribution in [0.1, 0.15) is 25.7 Å². The van der Waals surface area contributed by atoms with E-state index in [-0.39, 0.29) is 11.9 Å². The van der Waals surface area contributed by atoms with Crippen molar-refractivity contribution in [2.75, 3.05) is 27.4 Å². The molecule has 7 nitrogen and oxygen atoms in total. The number of methoxy groups -OCH3 is 2. The van der Waals surface area contributed by atoms with E-state index in [0.29, 0.717) is 36.1 Å². The highest BCUT2D eigenvalue weighted by atomic mass is 16.7. The second-order valence-corrected chi connectivity index (χ2v) is 6.33. The van der Waals surface area contributed by atoms with Crippen molar-refractivity contribution in [2.45, 2.75) is 37.6 Å². The fourth-order valence-electron chi connectivity index (χ4n) is 3.49. The maximum absolute atomic E-state index is 6.04. The highest BCUT2D eigenvalue weighted by molar-refractivity contribution is 5.79. The van der Waals surface area contributed by atoms with E-state index >= 15 is 0 Å². The van der Waals surface area contributed by atoms with E-state index in [1.807, 2.05) is 12.1 Å². The van der Waals surface area contributed by atoms with Crippen molar-refractivity contribution in [3.05, 3.63) is 18.3 Å². The molecule has 1 saturated carbocycles. The third kappa shape index (κ3) is 3.21. The topological polar surface area (TPSA) is 71.9 Å². The summed E-state index contributed by atoms with van der Waals surface area (Å²) in [5.74, 6) is 1.40. The summed E-state index contributed by atoms with van der Waals surface area (Å²) in [4.78, 5) is 8.99. The number of ether oxygens (including phenoxy) is 5. The molecule has 2 aliphatic rings. The van der Waals surface area contributed by atoms with Crippen LogP contribution in [0.15, 0.2) is 18.3 Å². The highest BCUT2D eigenvalue weighted by Crippen LogP contribution is 2.37. The fourth-order valence-corrected chi connectivity index (χ4v) is 3.49. The third-order valence-electron chi connectivity index (χ3n) is 4.82. The minimum Gasteiger partial charge on any atom is -0.493 e. The van der Waals surface area contributed by atoms with Gasteiger partial charge in [-0.2, -0.15) is 0 Å². The fraction of sp³-hybridized carbons (Fsp3) is 0.556. The number of aromatic nitrogens is 2. The molecule has 2 aromatic rings. The van der Waals surface area contributed by atoms with Crippen LogP contribution in [0.2, 0.25) is 0 Å². The predicted octanol–water partition coefficient (Wildman–Crippen LogP) is 2.71. The average molecular weight is 346 g/mol. The lowest BCUT2D eigenvalue weighted by Crippen LogP contribution is -2.38. The van der Waals surface area contributed by atoms with E-state index in [2.05, 4.69) is 9.97 Å². The Morgan fingerprint density at radius 1 is 1.00 bits per heavy atom. The lowest BCUT2D eigenvalue weighted by molar-refractivity contribution is -0.186. The van der Waals surface area contributed by atoms with Crippen LogP contribution in [0.5, 0.6) is 17.4 Å². The van der Waals surface area contributed by atoms with Crippen molar-refractivity contribution in [1.82, 2.24) is 9.97 Å². The minimum atomic E-state index is -0.376. The monoisotopic (exact) mass is 346 g/mol. The molecular formula is C18H22N2O5. The van der Waals surface area contributed by atoms with Gasteiger partial charge in [-0.25, -0.2) is 9.97 Å². The van der Waals surface area contributed by atoms with Crippen LogP contribution in [0, 0.1) is 0 Å². The summed E-state index contributed by atoms with van der Waals surface area (Å²) in [6.07, 6.45) is 5.22. The van der Waals surface area contributed by atoms with Gasteiger partial charge in [0.15, 0.2) is 17.3 Å². The largest absolute Gasteiger partial charge is 0.493 e. The molecule has 2 heterocycles. The Morgan fingerprint density at radius 2 is 1.64 bits per heavy atom. The molecule has 0 amide bonds. The van der Waals surface area contributed by atoms with E-state index in [1.54, 1.807) is 20.4 Å². The highest BCUT2D eigenvalue weighted by Gasteiger charge is 2.41. The van der Waals surface area contributed by atoms with Crippen molar-refractivity contribution in [3.8, 4) is 17.4 Å². The van der Waals surface area contributed by atoms with Crippen LogP contribution in [-0.4, -0.2) is 49.3 Å². The first-order valence-electron chi connectivity index (χ1n) is 8.55. The van der Waals surface area contributed by atoms with Crippen molar-refractivity contribution in [3.63, 3.8) is 0 Å². The van der Waals surface area contributed by atoms with E-state index in [9.17, 15) is 0 Å². The van der Waals surface area contributed by atoms with Crippen molar-refractivity contribution < 1.29 is 23.7 Å². The second kappa shape index (κ2) is 6.65. The summed E-state index contributed by atoms with van der Waals surface area (Å²) in [5, 5.41) is 0. The first-order valence-corrected chi connectivity index (χ1v) is 8.55. The molecule has 0 N–H and O–H groups in total. The van der Waals surface area contributed by atoms with Crippen LogP contribution in [0.25, 0.3) is 11.0 Å². The summed E-state index contributed by atoms with van der Waals surface area (Å²) in [6.45, 7) is 1.37. The quantitative estimate of drug-likeness (QED) is 0.843. The second-order valence-electron chi connectivity index (χ2n) is 6.33. The molecule has 1 aromatic carbocycles. The Balaban J connectivity index is 1.48. The van der Waals surface area contributed by atoms with Gasteiger partial charge in [-0.3, -0.25) is 0 Å². The van der Waals surface area contributed by atoms with Crippen molar-refractivity contribution in [1.29, 1.82) is 0 Å². The summed E-state index contributed by atoms with van der Waals surface area (Å²) in [5.41, 5.74) is 1.45. The maximum Gasteiger partial charge on any atom is 0.233 e. The zero-order valence-corrected chi connectivity index (χ0v) is 14.5. The molecule has 2 fully saturated rings. The van der Waals surface area contributed by atoms with Crippen LogP contribution in [0.4, 0.5) is 0 Å². The molecule has 1 saturated heterocycles. The first-order chi connectivity index (χ1) is 12.2. The molecule has 1 spiro atoms. The molecule has 1 aromatic heterocycles. The molecule has 1 aliphatic carbocycles. The van der Waals surface area contributed by atoms with Gasteiger partial charge in [-0.05, 0) is 12.8 Å². The molecule has 0 atom stereocenters. The summed E-state index contributed by atoms with van der Waals surface area (Å²) >= 11 is 0. The Labute approximate surface area is 146 Å². The van der Waals surface area contributed by atoms with Gasteiger partial charge in [-0.15, -0.1) is 0 Å². The van der Waals surface area contributed by atoms with Gasteiger partial charge in [0.1, 0.15) is 6.10 Å². The van der Waals surface area contributed by atoms with Crippen LogP contribution in [0.3, 0.4) is 0 Å². The maximum atomic E-state index is 6.04. The number of rotatable bonds is 4. The summed E-state index contributed by atoms with van der Waals surface area (Å²) < 4.78 is 28.2. The minimum absolute atomic E-state index is 0.102.